The van der Waals surface area contributed by atoms with Crippen molar-refractivity contribution in [2.24, 2.45) is 11.8 Å². The highest BCUT2D eigenvalue weighted by atomic mass is 79.9. The van der Waals surface area contributed by atoms with Crippen molar-refractivity contribution < 1.29 is 0 Å². The highest BCUT2D eigenvalue weighted by Crippen LogP contribution is 2.57. The fourth-order valence-corrected chi connectivity index (χ4v) is 3.05. The van der Waals surface area contributed by atoms with Crippen LogP contribution in [-0.2, 0) is 0 Å². The highest BCUT2D eigenvalue weighted by Gasteiger charge is 2.49. The van der Waals surface area contributed by atoms with Crippen LogP contribution in [-0.4, -0.2) is 9.55 Å². The number of H-pyrrole nitrogens is 1. The van der Waals surface area contributed by atoms with Gasteiger partial charge in [-0.1, -0.05) is 0 Å². The molecule has 4 nitrogen and oxygen atoms in total. The summed E-state index contributed by atoms with van der Waals surface area (Å²) in [6.07, 6.45) is 5.16. The van der Waals surface area contributed by atoms with Crippen LogP contribution in [0.5, 0.6) is 0 Å². The summed E-state index contributed by atoms with van der Waals surface area (Å²) >= 11 is 3.16. The standard InChI is InChI=1S/C10H11BrN2O2/c11-7-4-13(10(15)12-9(7)14)8-2-1-5-3-6(5)8/h4-6,8H,1-3H2,(H,12,14,15). The van der Waals surface area contributed by atoms with Gasteiger partial charge in [0.25, 0.3) is 5.56 Å². The molecule has 0 aromatic carbocycles. The Kier molecular flexibility index (Phi) is 1.92. The van der Waals surface area contributed by atoms with Gasteiger partial charge in [-0.05, 0) is 47.0 Å². The fourth-order valence-electron chi connectivity index (χ4n) is 2.73. The van der Waals surface area contributed by atoms with E-state index in [4.69, 9.17) is 0 Å². The molecule has 0 bridgehead atoms. The fraction of sp³-hybridized carbons (Fsp3) is 0.600. The minimum absolute atomic E-state index is 0.277. The van der Waals surface area contributed by atoms with Crippen molar-refractivity contribution in [3.8, 4) is 0 Å². The van der Waals surface area contributed by atoms with Gasteiger partial charge in [-0.25, -0.2) is 4.79 Å². The summed E-state index contributed by atoms with van der Waals surface area (Å²) in [6.45, 7) is 0. The predicted octanol–water partition coefficient (Wildman–Crippen LogP) is 1.27. The Morgan fingerprint density at radius 3 is 2.80 bits per heavy atom. The minimum atomic E-state index is -0.346. The molecule has 2 fully saturated rings. The van der Waals surface area contributed by atoms with Crippen LogP contribution in [0.1, 0.15) is 25.3 Å². The van der Waals surface area contributed by atoms with E-state index in [9.17, 15) is 9.59 Å². The van der Waals surface area contributed by atoms with E-state index in [-0.39, 0.29) is 11.2 Å². The number of aromatic nitrogens is 2. The number of nitrogens with zero attached hydrogens (tertiary/aromatic N) is 1. The van der Waals surface area contributed by atoms with Crippen molar-refractivity contribution in [3.05, 3.63) is 31.5 Å². The second-order valence-electron chi connectivity index (χ2n) is 4.45. The lowest BCUT2D eigenvalue weighted by molar-refractivity contribution is 0.438. The molecule has 2 aliphatic carbocycles. The molecule has 5 heteroatoms. The number of rotatable bonds is 1. The normalized spacial score (nSPS) is 32.7. The van der Waals surface area contributed by atoms with Gasteiger partial charge in [-0.3, -0.25) is 14.3 Å². The lowest BCUT2D eigenvalue weighted by atomic mass is 10.2. The highest BCUT2D eigenvalue weighted by molar-refractivity contribution is 9.10. The molecule has 2 saturated carbocycles. The van der Waals surface area contributed by atoms with Crippen molar-refractivity contribution in [3.63, 3.8) is 0 Å². The van der Waals surface area contributed by atoms with Crippen LogP contribution in [0.3, 0.4) is 0 Å². The van der Waals surface area contributed by atoms with Gasteiger partial charge < -0.3 is 0 Å². The van der Waals surface area contributed by atoms with E-state index in [1.54, 1.807) is 10.8 Å². The van der Waals surface area contributed by atoms with Crippen LogP contribution in [0.2, 0.25) is 0 Å². The van der Waals surface area contributed by atoms with E-state index in [1.807, 2.05) is 0 Å². The SMILES string of the molecule is O=c1[nH]c(=O)n(C2CCC3CC32)cc1Br. The summed E-state index contributed by atoms with van der Waals surface area (Å²) in [5.41, 5.74) is -0.623. The number of hydrogen-bond donors (Lipinski definition) is 1. The number of nitrogens with one attached hydrogen (secondary N) is 1. The van der Waals surface area contributed by atoms with Crippen molar-refractivity contribution >= 4 is 15.9 Å². The van der Waals surface area contributed by atoms with Crippen LogP contribution < -0.4 is 11.2 Å². The van der Waals surface area contributed by atoms with Gasteiger partial charge in [0.15, 0.2) is 0 Å². The predicted molar refractivity (Wildman–Crippen MR) is 58.9 cm³/mol. The van der Waals surface area contributed by atoms with Gasteiger partial charge in [0.1, 0.15) is 0 Å². The van der Waals surface area contributed by atoms with Gasteiger partial charge in [0.2, 0.25) is 0 Å². The van der Waals surface area contributed by atoms with Gasteiger partial charge in [0.05, 0.1) is 4.47 Å². The third-order valence-corrected chi connectivity index (χ3v) is 4.15. The summed E-state index contributed by atoms with van der Waals surface area (Å²) in [7, 11) is 0. The summed E-state index contributed by atoms with van der Waals surface area (Å²) in [4.78, 5) is 25.1. The maximum atomic E-state index is 11.6. The maximum Gasteiger partial charge on any atom is 0.328 e. The monoisotopic (exact) mass is 270 g/mol. The lowest BCUT2D eigenvalue weighted by Gasteiger charge is -2.14. The Hall–Kier alpha value is -0.840. The average Bonchev–Trinajstić information content (AvgIpc) is 2.86. The molecule has 1 aromatic rings. The molecule has 0 aliphatic heterocycles. The number of halogens is 1. The molecule has 3 rings (SSSR count). The Morgan fingerprint density at radius 2 is 2.20 bits per heavy atom. The summed E-state index contributed by atoms with van der Waals surface area (Å²) in [5, 5.41) is 0. The molecular formula is C10H11BrN2O2. The van der Waals surface area contributed by atoms with Crippen molar-refractivity contribution in [2.75, 3.05) is 0 Å². The topological polar surface area (TPSA) is 54.9 Å². The van der Waals surface area contributed by atoms with Crippen LogP contribution >= 0.6 is 15.9 Å². The van der Waals surface area contributed by atoms with Crippen molar-refractivity contribution in [1.29, 1.82) is 0 Å². The summed E-state index contributed by atoms with van der Waals surface area (Å²) in [6, 6.07) is 0.302. The zero-order valence-electron chi connectivity index (χ0n) is 8.07. The second-order valence-corrected chi connectivity index (χ2v) is 5.30. The first-order chi connectivity index (χ1) is 7.16. The molecule has 3 unspecified atom stereocenters. The van der Waals surface area contributed by atoms with Crippen LogP contribution in [0.15, 0.2) is 20.3 Å². The summed E-state index contributed by atoms with van der Waals surface area (Å²) in [5.74, 6) is 1.49. The lowest BCUT2D eigenvalue weighted by Crippen LogP contribution is -2.32. The molecule has 0 spiro atoms. The quantitative estimate of drug-likeness (QED) is 0.836. The zero-order chi connectivity index (χ0) is 10.6. The minimum Gasteiger partial charge on any atom is -0.296 e. The van der Waals surface area contributed by atoms with E-state index in [0.717, 1.165) is 12.3 Å². The van der Waals surface area contributed by atoms with E-state index in [2.05, 4.69) is 20.9 Å². The molecule has 80 valence electrons. The average molecular weight is 271 g/mol. The first-order valence-corrected chi connectivity index (χ1v) is 5.97. The van der Waals surface area contributed by atoms with Crippen LogP contribution in [0.4, 0.5) is 0 Å². The second kappa shape index (κ2) is 3.07. The molecule has 1 heterocycles. The van der Waals surface area contributed by atoms with E-state index >= 15 is 0 Å². The van der Waals surface area contributed by atoms with Gasteiger partial charge in [-0.15, -0.1) is 0 Å². The van der Waals surface area contributed by atoms with E-state index in [0.29, 0.717) is 16.4 Å². The molecule has 3 atom stereocenters. The molecule has 2 aliphatic rings. The Bertz CT molecular complexity index is 519. The number of aromatic amines is 1. The first kappa shape index (κ1) is 9.39. The van der Waals surface area contributed by atoms with Crippen LogP contribution in [0.25, 0.3) is 0 Å². The zero-order valence-corrected chi connectivity index (χ0v) is 9.66. The smallest absolute Gasteiger partial charge is 0.296 e. The largest absolute Gasteiger partial charge is 0.328 e. The van der Waals surface area contributed by atoms with E-state index in [1.165, 1.54) is 12.8 Å². The molecule has 1 aromatic heterocycles. The Morgan fingerprint density at radius 1 is 1.40 bits per heavy atom. The molecule has 15 heavy (non-hydrogen) atoms. The molecule has 0 amide bonds. The van der Waals surface area contributed by atoms with Crippen molar-refractivity contribution in [1.82, 2.24) is 9.55 Å². The van der Waals surface area contributed by atoms with Gasteiger partial charge in [-0.2, -0.15) is 0 Å². The van der Waals surface area contributed by atoms with Crippen LogP contribution in [0, 0.1) is 11.8 Å². The molecule has 1 N–H and O–H groups in total. The van der Waals surface area contributed by atoms with Crippen molar-refractivity contribution in [2.45, 2.75) is 25.3 Å². The number of hydrogen-bond acceptors (Lipinski definition) is 2. The molecule has 0 radical (unpaired) electrons. The molecular weight excluding hydrogens is 260 g/mol. The maximum absolute atomic E-state index is 11.6. The van der Waals surface area contributed by atoms with E-state index < -0.39 is 0 Å². The Labute approximate surface area is 94.4 Å². The third-order valence-electron chi connectivity index (χ3n) is 3.59. The van der Waals surface area contributed by atoms with Gasteiger partial charge >= 0.3 is 5.69 Å². The first-order valence-electron chi connectivity index (χ1n) is 5.18. The number of fused-ring (bicyclic) bond motifs is 1. The summed E-state index contributed by atoms with van der Waals surface area (Å²) < 4.78 is 2.12. The molecule has 0 saturated heterocycles. The Balaban J connectivity index is 2.08. The van der Waals surface area contributed by atoms with Gasteiger partial charge in [0, 0.05) is 12.2 Å². The third kappa shape index (κ3) is 1.40.